The van der Waals surface area contributed by atoms with Gasteiger partial charge in [0.05, 0.1) is 11.3 Å². The molecule has 0 aliphatic carbocycles. The maximum Gasteiger partial charge on any atom is 0.153 e. The number of hydrogen-bond donors (Lipinski definition) is 1. The third kappa shape index (κ3) is 2.79. The third-order valence-corrected chi connectivity index (χ3v) is 3.92. The summed E-state index contributed by atoms with van der Waals surface area (Å²) in [4.78, 5) is 8.99. The van der Waals surface area contributed by atoms with Gasteiger partial charge < -0.3 is 10.6 Å². The number of anilines is 2. The number of piperazine rings is 1. The zero-order valence-electron chi connectivity index (χ0n) is 11.6. The average Bonchev–Trinajstić information content (AvgIpc) is 2.47. The van der Waals surface area contributed by atoms with Crippen LogP contribution in [0.25, 0.3) is 0 Å². The first kappa shape index (κ1) is 13.6. The Labute approximate surface area is 114 Å². The van der Waals surface area contributed by atoms with E-state index in [9.17, 15) is 0 Å². The first-order valence-corrected chi connectivity index (χ1v) is 6.81. The number of nitriles is 1. The zero-order chi connectivity index (χ0) is 13.8. The number of nitrogens with two attached hydrogens (primary N) is 1. The normalized spacial score (nSPS) is 18.1. The minimum atomic E-state index is 0.502. The Morgan fingerprint density at radius 2 is 2.11 bits per heavy atom. The van der Waals surface area contributed by atoms with Gasteiger partial charge in [-0.3, -0.25) is 4.90 Å². The van der Waals surface area contributed by atoms with Gasteiger partial charge in [0.1, 0.15) is 6.07 Å². The minimum Gasteiger partial charge on any atom is -0.395 e. The van der Waals surface area contributed by atoms with Crippen LogP contribution in [0.4, 0.5) is 11.5 Å². The lowest BCUT2D eigenvalue weighted by Gasteiger charge is -2.38. The highest BCUT2D eigenvalue weighted by Gasteiger charge is 2.22. The van der Waals surface area contributed by atoms with E-state index in [1.807, 2.05) is 0 Å². The Morgan fingerprint density at radius 1 is 1.42 bits per heavy atom. The summed E-state index contributed by atoms with van der Waals surface area (Å²) in [6.07, 6.45) is 2.83. The van der Waals surface area contributed by atoms with E-state index in [-0.39, 0.29) is 0 Å². The largest absolute Gasteiger partial charge is 0.395 e. The lowest BCUT2D eigenvalue weighted by molar-refractivity contribution is 0.192. The summed E-state index contributed by atoms with van der Waals surface area (Å²) in [5.74, 6) is 0.753. The van der Waals surface area contributed by atoms with Gasteiger partial charge in [0.15, 0.2) is 5.82 Å². The molecule has 1 fully saturated rings. The summed E-state index contributed by atoms with van der Waals surface area (Å²) >= 11 is 0. The molecular formula is C14H21N5. The van der Waals surface area contributed by atoms with Crippen molar-refractivity contribution in [3.8, 4) is 6.07 Å². The number of nitrogen functional groups attached to an aromatic ring is 1. The van der Waals surface area contributed by atoms with E-state index in [0.717, 1.165) is 32.0 Å². The fourth-order valence-corrected chi connectivity index (χ4v) is 2.44. The summed E-state index contributed by atoms with van der Waals surface area (Å²) in [7, 11) is 0. The van der Waals surface area contributed by atoms with Crippen LogP contribution in [-0.4, -0.2) is 42.1 Å². The molecule has 102 valence electrons. The van der Waals surface area contributed by atoms with Gasteiger partial charge in [-0.25, -0.2) is 4.98 Å². The third-order valence-electron chi connectivity index (χ3n) is 3.92. The van der Waals surface area contributed by atoms with Crippen LogP contribution < -0.4 is 10.6 Å². The number of hydrogen-bond acceptors (Lipinski definition) is 5. The molecule has 2 rings (SSSR count). The van der Waals surface area contributed by atoms with Gasteiger partial charge in [-0.1, -0.05) is 6.92 Å². The Bertz CT molecular complexity index is 471. The van der Waals surface area contributed by atoms with Crippen molar-refractivity contribution in [3.63, 3.8) is 0 Å². The quantitative estimate of drug-likeness (QED) is 0.890. The molecule has 0 radical (unpaired) electrons. The van der Waals surface area contributed by atoms with Gasteiger partial charge in [0.25, 0.3) is 0 Å². The second-order valence-corrected chi connectivity index (χ2v) is 4.99. The molecule has 2 N–H and O–H groups in total. The van der Waals surface area contributed by atoms with Crippen molar-refractivity contribution in [3.05, 3.63) is 17.8 Å². The first-order chi connectivity index (χ1) is 9.17. The predicted molar refractivity (Wildman–Crippen MR) is 76.9 cm³/mol. The summed E-state index contributed by atoms with van der Waals surface area (Å²) < 4.78 is 0. The summed E-state index contributed by atoms with van der Waals surface area (Å²) in [5.41, 5.74) is 7.02. The summed E-state index contributed by atoms with van der Waals surface area (Å²) in [5, 5.41) is 9.00. The van der Waals surface area contributed by atoms with Crippen molar-refractivity contribution in [2.75, 3.05) is 36.8 Å². The molecule has 2 heterocycles. The van der Waals surface area contributed by atoms with Crippen LogP contribution in [0.1, 0.15) is 25.8 Å². The SMILES string of the molecule is CCC(C)N1CCN(c2nccc(C#N)c2N)CC1. The van der Waals surface area contributed by atoms with E-state index in [1.54, 1.807) is 12.3 Å². The Morgan fingerprint density at radius 3 is 2.68 bits per heavy atom. The summed E-state index contributed by atoms with van der Waals surface area (Å²) in [6.45, 7) is 8.35. The van der Waals surface area contributed by atoms with E-state index in [0.29, 0.717) is 17.3 Å². The lowest BCUT2D eigenvalue weighted by Crippen LogP contribution is -2.49. The molecule has 1 aromatic rings. The maximum atomic E-state index is 9.00. The van der Waals surface area contributed by atoms with Crippen LogP contribution in [0.5, 0.6) is 0 Å². The average molecular weight is 259 g/mol. The Hall–Kier alpha value is -1.80. The molecule has 0 saturated carbocycles. The summed E-state index contributed by atoms with van der Waals surface area (Å²) in [6, 6.07) is 4.39. The van der Waals surface area contributed by atoms with Gasteiger partial charge in [0, 0.05) is 38.4 Å². The van der Waals surface area contributed by atoms with Gasteiger partial charge in [-0.15, -0.1) is 0 Å². The number of nitrogens with zero attached hydrogens (tertiary/aromatic N) is 4. The molecular weight excluding hydrogens is 238 g/mol. The number of pyridine rings is 1. The van der Waals surface area contributed by atoms with Crippen molar-refractivity contribution in [1.82, 2.24) is 9.88 Å². The monoisotopic (exact) mass is 259 g/mol. The molecule has 1 saturated heterocycles. The Balaban J connectivity index is 2.08. The molecule has 0 aromatic carbocycles. The van der Waals surface area contributed by atoms with E-state index >= 15 is 0 Å². The van der Waals surface area contributed by atoms with Crippen LogP contribution in [0.3, 0.4) is 0 Å². The van der Waals surface area contributed by atoms with Crippen LogP contribution in [0.15, 0.2) is 12.3 Å². The smallest absolute Gasteiger partial charge is 0.153 e. The standard InChI is InChI=1S/C14H21N5/c1-3-11(2)18-6-8-19(9-7-18)14-13(16)12(10-15)4-5-17-14/h4-5,11H,3,6-9,16H2,1-2H3. The zero-order valence-corrected chi connectivity index (χ0v) is 11.6. The van der Waals surface area contributed by atoms with Crippen molar-refractivity contribution in [2.45, 2.75) is 26.3 Å². The topological polar surface area (TPSA) is 69.2 Å². The van der Waals surface area contributed by atoms with Gasteiger partial charge in [-0.05, 0) is 19.4 Å². The molecule has 0 spiro atoms. The van der Waals surface area contributed by atoms with E-state index in [1.165, 1.54) is 6.42 Å². The van der Waals surface area contributed by atoms with Crippen LogP contribution in [-0.2, 0) is 0 Å². The van der Waals surface area contributed by atoms with Crippen molar-refractivity contribution in [2.24, 2.45) is 0 Å². The van der Waals surface area contributed by atoms with Crippen LogP contribution in [0, 0.1) is 11.3 Å². The molecule has 0 amide bonds. The second kappa shape index (κ2) is 5.89. The highest BCUT2D eigenvalue weighted by Crippen LogP contribution is 2.24. The first-order valence-electron chi connectivity index (χ1n) is 6.81. The lowest BCUT2D eigenvalue weighted by atomic mass is 10.1. The maximum absolute atomic E-state index is 9.00. The number of rotatable bonds is 3. The molecule has 1 aliphatic heterocycles. The van der Waals surface area contributed by atoms with E-state index in [4.69, 9.17) is 11.0 Å². The van der Waals surface area contributed by atoms with Crippen LogP contribution in [0.2, 0.25) is 0 Å². The van der Waals surface area contributed by atoms with Crippen molar-refractivity contribution in [1.29, 1.82) is 5.26 Å². The van der Waals surface area contributed by atoms with Gasteiger partial charge in [0.2, 0.25) is 0 Å². The molecule has 1 aromatic heterocycles. The molecule has 0 bridgehead atoms. The van der Waals surface area contributed by atoms with Crippen molar-refractivity contribution >= 4 is 11.5 Å². The van der Waals surface area contributed by atoms with Crippen LogP contribution >= 0.6 is 0 Å². The molecule has 5 nitrogen and oxygen atoms in total. The highest BCUT2D eigenvalue weighted by atomic mass is 15.3. The fraction of sp³-hybridized carbons (Fsp3) is 0.571. The molecule has 1 atom stereocenters. The molecule has 19 heavy (non-hydrogen) atoms. The van der Waals surface area contributed by atoms with Crippen molar-refractivity contribution < 1.29 is 0 Å². The minimum absolute atomic E-state index is 0.502. The van der Waals surface area contributed by atoms with Gasteiger partial charge in [-0.2, -0.15) is 5.26 Å². The Kier molecular flexibility index (Phi) is 4.23. The highest BCUT2D eigenvalue weighted by molar-refractivity contribution is 5.70. The molecule has 5 heteroatoms. The number of aromatic nitrogens is 1. The van der Waals surface area contributed by atoms with E-state index < -0.39 is 0 Å². The molecule has 1 aliphatic rings. The fourth-order valence-electron chi connectivity index (χ4n) is 2.44. The van der Waals surface area contributed by atoms with E-state index in [2.05, 4.69) is 34.7 Å². The molecule has 1 unspecified atom stereocenters. The predicted octanol–water partition coefficient (Wildman–Crippen LogP) is 1.46. The van der Waals surface area contributed by atoms with Gasteiger partial charge >= 0.3 is 0 Å². The second-order valence-electron chi connectivity index (χ2n) is 4.99.